The van der Waals surface area contributed by atoms with E-state index in [1.165, 1.54) is 51.7 Å². The highest BCUT2D eigenvalue weighted by atomic mass is 32.1. The molecule has 0 radical (unpaired) electrons. The number of rotatable bonds is 6. The molecular weight excluding hydrogens is 388 g/mol. The van der Waals surface area contributed by atoms with Crippen molar-refractivity contribution >= 4 is 34.9 Å². The van der Waals surface area contributed by atoms with Crippen molar-refractivity contribution in [2.24, 2.45) is 0 Å². The minimum absolute atomic E-state index is 0.0544. The van der Waals surface area contributed by atoms with E-state index in [0.29, 0.717) is 22.9 Å². The number of methoxy groups -OCH3 is 3. The van der Waals surface area contributed by atoms with Crippen LogP contribution in [0.15, 0.2) is 30.3 Å². The van der Waals surface area contributed by atoms with Crippen LogP contribution in [0.25, 0.3) is 0 Å². The van der Waals surface area contributed by atoms with Gasteiger partial charge in [-0.2, -0.15) is 0 Å². The third-order valence-corrected chi connectivity index (χ3v) is 3.84. The predicted molar refractivity (Wildman–Crippen MR) is 105 cm³/mol. The molecule has 0 spiro atoms. The topological polar surface area (TPSA) is 126 Å². The second kappa shape index (κ2) is 8.91. The second-order valence-corrected chi connectivity index (χ2v) is 5.77. The summed E-state index contributed by atoms with van der Waals surface area (Å²) in [5.41, 5.74) is 0.262. The van der Waals surface area contributed by atoms with Crippen LogP contribution in [0.2, 0.25) is 0 Å². The highest BCUT2D eigenvalue weighted by Crippen LogP contribution is 2.38. The maximum atomic E-state index is 12.5. The molecule has 9 nitrogen and oxygen atoms in total. The number of hydrogen-bond donors (Lipinski definition) is 4. The van der Waals surface area contributed by atoms with E-state index in [0.717, 1.165) is 0 Å². The Morgan fingerprint density at radius 2 is 1.61 bits per heavy atom. The number of carboxylic acids is 1. The lowest BCUT2D eigenvalue weighted by Gasteiger charge is -2.15. The monoisotopic (exact) mass is 406 g/mol. The summed E-state index contributed by atoms with van der Waals surface area (Å²) in [7, 11) is 4.31. The van der Waals surface area contributed by atoms with E-state index < -0.39 is 17.6 Å². The molecule has 10 heteroatoms. The molecule has 0 bridgehead atoms. The lowest BCUT2D eigenvalue weighted by molar-refractivity contribution is 0.0693. The Balaban J connectivity index is 2.15. The molecule has 0 aromatic heterocycles. The number of carbonyl (C=O) groups is 2. The first kappa shape index (κ1) is 20.8. The number of carboxylic acid groups (broad SMARTS) is 1. The third kappa shape index (κ3) is 4.60. The quantitative estimate of drug-likeness (QED) is 0.534. The van der Waals surface area contributed by atoms with E-state index in [9.17, 15) is 14.7 Å². The smallest absolute Gasteiger partial charge is 0.339 e. The number of hydrogen-bond acceptors (Lipinski definition) is 7. The summed E-state index contributed by atoms with van der Waals surface area (Å²) < 4.78 is 15.6. The van der Waals surface area contributed by atoms with Gasteiger partial charge in [-0.25, -0.2) is 4.79 Å². The molecule has 2 aromatic carbocycles. The molecule has 0 saturated heterocycles. The Morgan fingerprint density at radius 1 is 1.00 bits per heavy atom. The third-order valence-electron chi connectivity index (χ3n) is 3.64. The number of ether oxygens (including phenoxy) is 3. The van der Waals surface area contributed by atoms with Crippen LogP contribution >= 0.6 is 12.2 Å². The van der Waals surface area contributed by atoms with Gasteiger partial charge in [0.25, 0.3) is 5.91 Å². The molecule has 1 amide bonds. The van der Waals surface area contributed by atoms with Crippen molar-refractivity contribution in [1.29, 1.82) is 0 Å². The van der Waals surface area contributed by atoms with E-state index >= 15 is 0 Å². The van der Waals surface area contributed by atoms with Crippen molar-refractivity contribution in [2.75, 3.05) is 26.6 Å². The largest absolute Gasteiger partial charge is 0.507 e. The van der Waals surface area contributed by atoms with Gasteiger partial charge in [-0.05, 0) is 36.5 Å². The van der Waals surface area contributed by atoms with Crippen LogP contribution in [0.3, 0.4) is 0 Å². The van der Waals surface area contributed by atoms with Crippen molar-refractivity contribution in [3.8, 4) is 23.0 Å². The Morgan fingerprint density at radius 3 is 2.07 bits per heavy atom. The van der Waals surface area contributed by atoms with Gasteiger partial charge in [0.2, 0.25) is 5.75 Å². The summed E-state index contributed by atoms with van der Waals surface area (Å²) in [6.45, 7) is 0. The van der Waals surface area contributed by atoms with Crippen molar-refractivity contribution in [2.45, 2.75) is 0 Å². The first-order valence-corrected chi connectivity index (χ1v) is 8.20. The van der Waals surface area contributed by atoms with Crippen LogP contribution in [-0.2, 0) is 0 Å². The first-order chi connectivity index (χ1) is 13.3. The summed E-state index contributed by atoms with van der Waals surface area (Å²) in [4.78, 5) is 23.4. The Labute approximate surface area is 165 Å². The zero-order valence-corrected chi connectivity index (χ0v) is 16.0. The molecule has 28 heavy (non-hydrogen) atoms. The van der Waals surface area contributed by atoms with Crippen molar-refractivity contribution in [3.05, 3.63) is 41.5 Å². The molecule has 0 atom stereocenters. The molecule has 0 saturated carbocycles. The summed E-state index contributed by atoms with van der Waals surface area (Å²) in [5, 5.41) is 23.7. The highest BCUT2D eigenvalue weighted by Gasteiger charge is 2.18. The number of carbonyl (C=O) groups excluding carboxylic acids is 1. The van der Waals surface area contributed by atoms with Crippen LogP contribution in [0.1, 0.15) is 20.7 Å². The van der Waals surface area contributed by atoms with E-state index in [1.807, 2.05) is 0 Å². The number of thiocarbonyl (C=S) groups is 1. The summed E-state index contributed by atoms with van der Waals surface area (Å²) in [6.07, 6.45) is 0. The molecular formula is C18H18N2O7S. The fourth-order valence-corrected chi connectivity index (χ4v) is 2.55. The van der Waals surface area contributed by atoms with Crippen LogP contribution in [-0.4, -0.2) is 48.5 Å². The zero-order valence-electron chi connectivity index (χ0n) is 15.2. The molecule has 0 aliphatic heterocycles. The lowest BCUT2D eigenvalue weighted by atomic mass is 10.1. The maximum absolute atomic E-state index is 12.5. The van der Waals surface area contributed by atoms with E-state index in [2.05, 4.69) is 10.6 Å². The maximum Gasteiger partial charge on any atom is 0.339 e. The van der Waals surface area contributed by atoms with Gasteiger partial charge in [0, 0.05) is 17.3 Å². The normalized spacial score (nSPS) is 9.96. The second-order valence-electron chi connectivity index (χ2n) is 5.36. The average molecular weight is 406 g/mol. The minimum atomic E-state index is -1.26. The molecule has 0 fully saturated rings. The summed E-state index contributed by atoms with van der Waals surface area (Å²) in [5.74, 6) is -1.28. The van der Waals surface area contributed by atoms with Gasteiger partial charge in [-0.15, -0.1) is 0 Å². The minimum Gasteiger partial charge on any atom is -0.507 e. The first-order valence-electron chi connectivity index (χ1n) is 7.79. The number of amides is 1. The molecule has 0 heterocycles. The SMILES string of the molecule is COc1cc(C(=O)NC(=S)Nc2ccc(C(=O)O)c(O)c2)cc(OC)c1OC. The van der Waals surface area contributed by atoms with Gasteiger partial charge in [0.1, 0.15) is 11.3 Å². The van der Waals surface area contributed by atoms with Crippen LogP contribution < -0.4 is 24.8 Å². The number of benzene rings is 2. The van der Waals surface area contributed by atoms with Gasteiger partial charge in [0.15, 0.2) is 16.6 Å². The van der Waals surface area contributed by atoms with Gasteiger partial charge < -0.3 is 29.7 Å². The Kier molecular flexibility index (Phi) is 6.61. The van der Waals surface area contributed by atoms with Crippen LogP contribution in [0, 0.1) is 0 Å². The van der Waals surface area contributed by atoms with E-state index in [1.54, 1.807) is 0 Å². The lowest BCUT2D eigenvalue weighted by Crippen LogP contribution is -2.34. The number of anilines is 1. The number of nitrogens with one attached hydrogen (secondary N) is 2. The Hall–Kier alpha value is -3.53. The van der Waals surface area contributed by atoms with Crippen LogP contribution in [0.4, 0.5) is 5.69 Å². The fraction of sp³-hybridized carbons (Fsp3) is 0.167. The number of aromatic carboxylic acids is 1. The fourth-order valence-electron chi connectivity index (χ4n) is 2.34. The van der Waals surface area contributed by atoms with Gasteiger partial charge in [-0.3, -0.25) is 10.1 Å². The molecule has 148 valence electrons. The predicted octanol–water partition coefficient (Wildman–Crippen LogP) is 2.24. The number of phenols is 1. The molecule has 0 aliphatic carbocycles. The molecule has 0 unspecified atom stereocenters. The summed E-state index contributed by atoms with van der Waals surface area (Å²) in [6, 6.07) is 6.73. The van der Waals surface area contributed by atoms with Gasteiger partial charge >= 0.3 is 5.97 Å². The number of aromatic hydroxyl groups is 1. The molecule has 4 N–H and O–H groups in total. The molecule has 0 aliphatic rings. The standard InChI is InChI=1S/C18H18N2O7S/c1-25-13-6-9(7-14(26-2)15(13)27-3)16(22)20-18(28)19-10-4-5-11(17(23)24)12(21)8-10/h4-8,21H,1-3H3,(H,23,24)(H2,19,20,22,28). The van der Waals surface area contributed by atoms with E-state index in [4.69, 9.17) is 31.5 Å². The molecule has 2 rings (SSSR count). The van der Waals surface area contributed by atoms with Crippen molar-refractivity contribution in [3.63, 3.8) is 0 Å². The zero-order chi connectivity index (χ0) is 20.8. The van der Waals surface area contributed by atoms with Gasteiger partial charge in [0.05, 0.1) is 21.3 Å². The van der Waals surface area contributed by atoms with Crippen LogP contribution in [0.5, 0.6) is 23.0 Å². The van der Waals surface area contributed by atoms with Gasteiger partial charge in [-0.1, -0.05) is 0 Å². The average Bonchev–Trinajstić information content (AvgIpc) is 2.66. The summed E-state index contributed by atoms with van der Waals surface area (Å²) >= 11 is 5.08. The van der Waals surface area contributed by atoms with Crippen molar-refractivity contribution in [1.82, 2.24) is 5.32 Å². The van der Waals surface area contributed by atoms with E-state index in [-0.39, 0.29) is 16.2 Å². The molecule has 2 aromatic rings. The van der Waals surface area contributed by atoms with Crippen molar-refractivity contribution < 1.29 is 34.0 Å². The highest BCUT2D eigenvalue weighted by molar-refractivity contribution is 7.80. The Bertz CT molecular complexity index is 905.